The topological polar surface area (TPSA) is 105 Å². The van der Waals surface area contributed by atoms with Crippen LogP contribution in [0.1, 0.15) is 28.4 Å². The molecule has 1 aliphatic heterocycles. The lowest BCUT2D eigenvalue weighted by atomic mass is 9.93. The third kappa shape index (κ3) is 4.45. The molecular weight excluding hydrogens is 352 g/mol. The van der Waals surface area contributed by atoms with E-state index in [-0.39, 0.29) is 13.0 Å². The first-order valence-corrected chi connectivity index (χ1v) is 8.60. The zero-order valence-corrected chi connectivity index (χ0v) is 14.8. The number of aliphatic hydroxyl groups excluding tert-OH is 3. The Balaban J connectivity index is 1.76. The molecule has 7 heteroatoms. The minimum absolute atomic E-state index is 0.177. The maximum absolute atomic E-state index is 11.5. The van der Waals surface area contributed by atoms with Crippen LogP contribution >= 0.6 is 0 Å². The van der Waals surface area contributed by atoms with E-state index in [1.165, 1.54) is 7.11 Å². The number of carbonyl (C=O) groups excluding carboxylic acids is 1. The van der Waals surface area contributed by atoms with Crippen molar-refractivity contribution in [3.05, 3.63) is 59.7 Å². The number of methoxy groups -OCH3 is 1. The summed E-state index contributed by atoms with van der Waals surface area (Å²) in [5.74, 6) is 0.608. The van der Waals surface area contributed by atoms with Gasteiger partial charge in [0.25, 0.3) is 0 Å². The van der Waals surface area contributed by atoms with E-state index in [2.05, 4.69) is 4.74 Å². The number of aliphatic hydroxyl groups is 3. The molecular formula is C20H22O7. The smallest absolute Gasteiger partial charge is 0.337 e. The van der Waals surface area contributed by atoms with E-state index in [4.69, 9.17) is 9.47 Å². The Morgan fingerprint density at radius 3 is 2.56 bits per heavy atom. The Hall–Kier alpha value is -2.45. The fraction of sp³-hybridized carbons (Fsp3) is 0.350. The van der Waals surface area contributed by atoms with Crippen molar-refractivity contribution in [2.75, 3.05) is 13.7 Å². The quantitative estimate of drug-likeness (QED) is 0.686. The molecule has 7 nitrogen and oxygen atoms in total. The lowest BCUT2D eigenvalue weighted by molar-refractivity contribution is -0.179. The molecule has 0 amide bonds. The van der Waals surface area contributed by atoms with Crippen LogP contribution in [-0.4, -0.2) is 53.3 Å². The average Bonchev–Trinajstić information content (AvgIpc) is 2.70. The first kappa shape index (κ1) is 19.3. The Morgan fingerprint density at radius 2 is 1.89 bits per heavy atom. The molecule has 3 N–H and O–H groups in total. The van der Waals surface area contributed by atoms with Gasteiger partial charge in [-0.3, -0.25) is 0 Å². The van der Waals surface area contributed by atoms with Crippen LogP contribution in [-0.2, 0) is 9.47 Å². The number of rotatable bonds is 5. The van der Waals surface area contributed by atoms with Crippen molar-refractivity contribution in [1.29, 1.82) is 0 Å². The predicted octanol–water partition coefficient (Wildman–Crippen LogP) is 1.81. The van der Waals surface area contributed by atoms with Crippen LogP contribution in [0.4, 0.5) is 0 Å². The Morgan fingerprint density at radius 1 is 1.15 bits per heavy atom. The maximum atomic E-state index is 11.5. The highest BCUT2D eigenvalue weighted by molar-refractivity contribution is 5.89. The fourth-order valence-corrected chi connectivity index (χ4v) is 3.02. The van der Waals surface area contributed by atoms with Gasteiger partial charge in [-0.25, -0.2) is 4.79 Å². The summed E-state index contributed by atoms with van der Waals surface area (Å²) >= 11 is 0. The molecule has 0 aromatic heterocycles. The lowest BCUT2D eigenvalue weighted by Gasteiger charge is -2.36. The number of carbonyl (C=O) groups is 1. The van der Waals surface area contributed by atoms with Gasteiger partial charge in [-0.15, -0.1) is 0 Å². The van der Waals surface area contributed by atoms with Crippen molar-refractivity contribution in [1.82, 2.24) is 0 Å². The van der Waals surface area contributed by atoms with Gasteiger partial charge in [0, 0.05) is 6.42 Å². The van der Waals surface area contributed by atoms with Crippen LogP contribution in [0.25, 0.3) is 0 Å². The molecule has 144 valence electrons. The summed E-state index contributed by atoms with van der Waals surface area (Å²) in [6, 6.07) is 13.4. The molecule has 1 heterocycles. The molecule has 27 heavy (non-hydrogen) atoms. The molecule has 0 aliphatic carbocycles. The zero-order valence-electron chi connectivity index (χ0n) is 14.8. The standard InChI is InChI=1S/C20H22O7/c1-25-20(24)12-5-7-14(8-6-12)26-15-4-2-3-13(9-15)19-18(23)17(22)10-16(11-21)27-19/h2-9,16-19,21-23H,10-11H2,1H3. The first-order chi connectivity index (χ1) is 13.0. The second-order valence-corrected chi connectivity index (χ2v) is 6.35. The van der Waals surface area contributed by atoms with Crippen LogP contribution in [0, 0.1) is 0 Å². The van der Waals surface area contributed by atoms with Crippen LogP contribution in [0.3, 0.4) is 0 Å². The van der Waals surface area contributed by atoms with Crippen molar-refractivity contribution in [3.8, 4) is 11.5 Å². The van der Waals surface area contributed by atoms with Gasteiger partial charge in [-0.05, 0) is 42.0 Å². The van der Waals surface area contributed by atoms with Crippen molar-refractivity contribution < 1.29 is 34.3 Å². The SMILES string of the molecule is COC(=O)c1ccc(Oc2cccc(C3OC(CO)CC(O)C3O)c2)cc1. The molecule has 4 unspecified atom stereocenters. The number of ether oxygens (including phenoxy) is 3. The maximum Gasteiger partial charge on any atom is 0.337 e. The second kappa shape index (κ2) is 8.49. The van der Waals surface area contributed by atoms with Crippen LogP contribution in [0.15, 0.2) is 48.5 Å². The number of benzene rings is 2. The fourth-order valence-electron chi connectivity index (χ4n) is 3.02. The predicted molar refractivity (Wildman–Crippen MR) is 95.6 cm³/mol. The Kier molecular flexibility index (Phi) is 6.08. The molecule has 1 aliphatic rings. The molecule has 0 radical (unpaired) electrons. The van der Waals surface area contributed by atoms with E-state index in [0.29, 0.717) is 22.6 Å². The van der Waals surface area contributed by atoms with Gasteiger partial charge in [-0.1, -0.05) is 12.1 Å². The molecule has 3 rings (SSSR count). The Bertz CT molecular complexity index is 774. The molecule has 4 atom stereocenters. The molecule has 0 spiro atoms. The summed E-state index contributed by atoms with van der Waals surface area (Å²) in [5, 5.41) is 29.6. The highest BCUT2D eigenvalue weighted by atomic mass is 16.5. The lowest BCUT2D eigenvalue weighted by Crippen LogP contribution is -2.44. The minimum atomic E-state index is -1.10. The van der Waals surface area contributed by atoms with E-state index in [0.717, 1.165) is 0 Å². The number of esters is 1. The van der Waals surface area contributed by atoms with Crippen LogP contribution in [0.5, 0.6) is 11.5 Å². The normalized spacial score (nSPS) is 25.0. The van der Waals surface area contributed by atoms with E-state index in [1.807, 2.05) is 0 Å². The van der Waals surface area contributed by atoms with E-state index >= 15 is 0 Å². The average molecular weight is 374 g/mol. The number of hydrogen-bond donors (Lipinski definition) is 3. The zero-order chi connectivity index (χ0) is 19.4. The third-order valence-electron chi connectivity index (χ3n) is 4.45. The van der Waals surface area contributed by atoms with Gasteiger partial charge in [-0.2, -0.15) is 0 Å². The highest BCUT2D eigenvalue weighted by Crippen LogP contribution is 2.34. The summed E-state index contributed by atoms with van der Waals surface area (Å²) < 4.78 is 16.1. The highest BCUT2D eigenvalue weighted by Gasteiger charge is 2.37. The summed E-state index contributed by atoms with van der Waals surface area (Å²) in [6.45, 7) is -0.233. The molecule has 2 aromatic carbocycles. The molecule has 2 aromatic rings. The summed E-state index contributed by atoms with van der Waals surface area (Å²) in [4.78, 5) is 11.5. The van der Waals surface area contributed by atoms with Crippen LogP contribution in [0.2, 0.25) is 0 Å². The van der Waals surface area contributed by atoms with Crippen molar-refractivity contribution >= 4 is 5.97 Å². The van der Waals surface area contributed by atoms with Gasteiger partial charge in [0.1, 0.15) is 23.7 Å². The van der Waals surface area contributed by atoms with Gasteiger partial charge in [0.2, 0.25) is 0 Å². The van der Waals surface area contributed by atoms with E-state index < -0.39 is 30.4 Å². The first-order valence-electron chi connectivity index (χ1n) is 8.60. The van der Waals surface area contributed by atoms with Crippen LogP contribution < -0.4 is 4.74 Å². The van der Waals surface area contributed by atoms with Gasteiger partial charge in [0.05, 0.1) is 31.5 Å². The van der Waals surface area contributed by atoms with Gasteiger partial charge in [0.15, 0.2) is 0 Å². The Labute approximate surface area is 156 Å². The van der Waals surface area contributed by atoms with Crippen molar-refractivity contribution in [2.24, 2.45) is 0 Å². The van der Waals surface area contributed by atoms with Gasteiger partial charge >= 0.3 is 5.97 Å². The van der Waals surface area contributed by atoms with E-state index in [9.17, 15) is 20.1 Å². The summed E-state index contributed by atoms with van der Waals surface area (Å²) in [6.07, 6.45) is -3.20. The molecule has 0 saturated carbocycles. The minimum Gasteiger partial charge on any atom is -0.465 e. The monoisotopic (exact) mass is 374 g/mol. The largest absolute Gasteiger partial charge is 0.465 e. The van der Waals surface area contributed by atoms with Gasteiger partial charge < -0.3 is 29.5 Å². The molecule has 1 saturated heterocycles. The summed E-state index contributed by atoms with van der Waals surface area (Å²) in [5.41, 5.74) is 1.05. The van der Waals surface area contributed by atoms with Crippen molar-refractivity contribution in [2.45, 2.75) is 30.8 Å². The van der Waals surface area contributed by atoms with Crippen molar-refractivity contribution in [3.63, 3.8) is 0 Å². The molecule has 1 fully saturated rings. The van der Waals surface area contributed by atoms with E-state index in [1.54, 1.807) is 48.5 Å². The number of hydrogen-bond acceptors (Lipinski definition) is 7. The molecule has 0 bridgehead atoms. The second-order valence-electron chi connectivity index (χ2n) is 6.35. The third-order valence-corrected chi connectivity index (χ3v) is 4.45. The summed E-state index contributed by atoms with van der Waals surface area (Å²) in [7, 11) is 1.32.